The number of ether oxygens (including phenoxy) is 1. The van der Waals surface area contributed by atoms with Gasteiger partial charge in [0.05, 0.1) is 26.2 Å². The van der Waals surface area contributed by atoms with Crippen LogP contribution in [0.5, 0.6) is 0 Å². The first-order valence-electron chi connectivity index (χ1n) is 3.60. The van der Waals surface area contributed by atoms with Gasteiger partial charge in [-0.2, -0.15) is 0 Å². The zero-order valence-corrected chi connectivity index (χ0v) is 6.29. The average molecular weight is 156 g/mol. The van der Waals surface area contributed by atoms with Crippen LogP contribution < -0.4 is 10.3 Å². The van der Waals surface area contributed by atoms with E-state index in [9.17, 15) is 0 Å². The summed E-state index contributed by atoms with van der Waals surface area (Å²) in [5.41, 5.74) is 0. The third kappa shape index (κ3) is 3.15. The van der Waals surface area contributed by atoms with Crippen LogP contribution in [0.15, 0.2) is 12.4 Å². The molecule has 61 valence electrons. The van der Waals surface area contributed by atoms with Crippen molar-refractivity contribution < 1.29 is 9.84 Å². The number of aliphatic imine (C=N–C) groups is 1. The second-order valence-corrected chi connectivity index (χ2v) is 2.12. The lowest BCUT2D eigenvalue weighted by atomic mass is 10.4. The first-order chi connectivity index (χ1) is 5.43. The van der Waals surface area contributed by atoms with Crippen LogP contribution in [0, 0.1) is 0 Å². The van der Waals surface area contributed by atoms with Gasteiger partial charge >= 0.3 is 0 Å². The van der Waals surface area contributed by atoms with Gasteiger partial charge < -0.3 is 9.84 Å². The summed E-state index contributed by atoms with van der Waals surface area (Å²) in [6.07, 6.45) is 4.26. The summed E-state index contributed by atoms with van der Waals surface area (Å²) in [5, 5.41) is 11.3. The number of nitrogens with one attached hydrogen (secondary N) is 1. The maximum atomic E-state index is 8.38. The van der Waals surface area contributed by atoms with E-state index in [4.69, 9.17) is 9.84 Å². The summed E-state index contributed by atoms with van der Waals surface area (Å²) < 4.78 is 5.05. The standard InChI is InChI=1S/C7H12N2O2/c10-4-6-11-5-1-7-8-2-3-9-7/h2-3,8,10H,1,4-6H2/q+1. The van der Waals surface area contributed by atoms with Crippen LogP contribution in [0.4, 0.5) is 0 Å². The largest absolute Gasteiger partial charge is 0.394 e. The molecule has 0 saturated heterocycles. The smallest absolute Gasteiger partial charge is 0.298 e. The Bertz CT molecular complexity index is 166. The SMILES string of the molecule is OCCOCCC1=[N+]C=CN1. The zero-order valence-electron chi connectivity index (χ0n) is 6.29. The van der Waals surface area contributed by atoms with Crippen molar-refractivity contribution in [3.05, 3.63) is 12.4 Å². The molecule has 0 saturated carbocycles. The minimum atomic E-state index is 0.0815. The van der Waals surface area contributed by atoms with Crippen molar-refractivity contribution >= 4 is 5.84 Å². The van der Waals surface area contributed by atoms with Crippen LogP contribution in [0.25, 0.3) is 0 Å². The molecule has 0 fully saturated rings. The maximum Gasteiger partial charge on any atom is 0.298 e. The Morgan fingerprint density at radius 3 is 3.09 bits per heavy atom. The van der Waals surface area contributed by atoms with Crippen molar-refractivity contribution in [2.24, 2.45) is 0 Å². The Kier molecular flexibility index (Phi) is 3.64. The number of nitrogens with zero attached hydrogens (tertiary/aromatic N) is 1. The van der Waals surface area contributed by atoms with E-state index in [1.807, 2.05) is 0 Å². The summed E-state index contributed by atoms with van der Waals surface area (Å²) >= 11 is 0. The molecule has 0 amide bonds. The molecule has 11 heavy (non-hydrogen) atoms. The third-order valence-electron chi connectivity index (χ3n) is 1.27. The van der Waals surface area contributed by atoms with E-state index in [2.05, 4.69) is 10.3 Å². The van der Waals surface area contributed by atoms with E-state index in [0.29, 0.717) is 13.2 Å². The molecule has 0 unspecified atom stereocenters. The summed E-state index contributed by atoms with van der Waals surface area (Å²) in [6.45, 7) is 1.09. The Morgan fingerprint density at radius 2 is 2.45 bits per heavy atom. The second-order valence-electron chi connectivity index (χ2n) is 2.12. The van der Waals surface area contributed by atoms with Crippen molar-refractivity contribution in [1.29, 1.82) is 0 Å². The third-order valence-corrected chi connectivity index (χ3v) is 1.27. The quantitative estimate of drug-likeness (QED) is 0.512. The number of aliphatic hydroxyl groups is 1. The van der Waals surface area contributed by atoms with Crippen molar-refractivity contribution in [1.82, 2.24) is 10.3 Å². The van der Waals surface area contributed by atoms with E-state index >= 15 is 0 Å². The van der Waals surface area contributed by atoms with Gasteiger partial charge in [0.1, 0.15) is 6.20 Å². The molecule has 1 radical (unpaired) electrons. The highest BCUT2D eigenvalue weighted by atomic mass is 16.5. The Labute approximate surface area is 65.6 Å². The van der Waals surface area contributed by atoms with Gasteiger partial charge in [-0.05, 0) is 0 Å². The van der Waals surface area contributed by atoms with Crippen molar-refractivity contribution in [2.75, 3.05) is 19.8 Å². The van der Waals surface area contributed by atoms with E-state index in [1.165, 1.54) is 0 Å². The summed E-state index contributed by atoms with van der Waals surface area (Å²) in [4.78, 5) is 4.02. The molecular weight excluding hydrogens is 144 g/mol. The topological polar surface area (TPSA) is 55.6 Å². The molecule has 0 bridgehead atoms. The molecule has 0 spiro atoms. The molecule has 0 aromatic heterocycles. The number of hydrogen-bond acceptors (Lipinski definition) is 4. The van der Waals surface area contributed by atoms with Gasteiger partial charge in [-0.1, -0.05) is 4.99 Å². The normalized spacial score (nSPS) is 14.8. The van der Waals surface area contributed by atoms with E-state index in [0.717, 1.165) is 12.3 Å². The van der Waals surface area contributed by atoms with Crippen molar-refractivity contribution in [3.8, 4) is 0 Å². The molecule has 1 rings (SSSR count). The van der Waals surface area contributed by atoms with E-state index < -0.39 is 0 Å². The molecule has 0 aromatic rings. The van der Waals surface area contributed by atoms with Crippen LogP contribution >= 0.6 is 0 Å². The molecule has 1 aliphatic rings. The van der Waals surface area contributed by atoms with Crippen LogP contribution in [0.2, 0.25) is 0 Å². The molecule has 1 heterocycles. The fourth-order valence-electron chi connectivity index (χ4n) is 0.770. The number of hydrogen-bond donors (Lipinski definition) is 2. The molecule has 4 nitrogen and oxygen atoms in total. The van der Waals surface area contributed by atoms with E-state index in [1.54, 1.807) is 12.4 Å². The number of rotatable bonds is 5. The van der Waals surface area contributed by atoms with Crippen molar-refractivity contribution in [2.45, 2.75) is 6.42 Å². The maximum absolute atomic E-state index is 8.38. The summed E-state index contributed by atoms with van der Waals surface area (Å²) in [7, 11) is 0. The van der Waals surface area contributed by atoms with Crippen LogP contribution in [-0.4, -0.2) is 30.8 Å². The van der Waals surface area contributed by atoms with Crippen LogP contribution in [0.3, 0.4) is 0 Å². The fraction of sp³-hybridized carbons (Fsp3) is 0.571. The lowest BCUT2D eigenvalue weighted by Crippen LogP contribution is -2.19. The van der Waals surface area contributed by atoms with Gasteiger partial charge in [0.25, 0.3) is 5.84 Å². The van der Waals surface area contributed by atoms with Gasteiger partial charge in [0, 0.05) is 0 Å². The molecule has 1 aliphatic heterocycles. The second kappa shape index (κ2) is 4.87. The van der Waals surface area contributed by atoms with Gasteiger partial charge in [0.15, 0.2) is 6.20 Å². The molecule has 0 atom stereocenters. The van der Waals surface area contributed by atoms with Gasteiger partial charge in [-0.15, -0.1) is 0 Å². The van der Waals surface area contributed by atoms with Gasteiger partial charge in [-0.25, -0.2) is 5.32 Å². The first kappa shape index (κ1) is 8.23. The highest BCUT2D eigenvalue weighted by molar-refractivity contribution is 5.83. The lowest BCUT2D eigenvalue weighted by molar-refractivity contribution is 0.0969. The Hall–Kier alpha value is -0.870. The van der Waals surface area contributed by atoms with Crippen LogP contribution in [-0.2, 0) is 4.74 Å². The molecular formula is C7H12N2O2+. The predicted molar refractivity (Wildman–Crippen MR) is 41.9 cm³/mol. The summed E-state index contributed by atoms with van der Waals surface area (Å²) in [6, 6.07) is 0. The molecule has 0 aromatic carbocycles. The minimum absolute atomic E-state index is 0.0815. The predicted octanol–water partition coefficient (Wildman–Crippen LogP) is -0.806. The number of aliphatic hydroxyl groups excluding tert-OH is 1. The van der Waals surface area contributed by atoms with Gasteiger partial charge in [0.2, 0.25) is 0 Å². The number of amidine groups is 1. The zero-order chi connectivity index (χ0) is 7.94. The average Bonchev–Trinajstić information content (AvgIpc) is 2.50. The Balaban J connectivity index is 1.95. The van der Waals surface area contributed by atoms with Gasteiger partial charge in [-0.3, -0.25) is 0 Å². The molecule has 0 aliphatic carbocycles. The summed E-state index contributed by atoms with van der Waals surface area (Å²) in [5.74, 6) is 0.919. The van der Waals surface area contributed by atoms with Crippen molar-refractivity contribution in [3.63, 3.8) is 0 Å². The first-order valence-corrected chi connectivity index (χ1v) is 3.60. The highest BCUT2D eigenvalue weighted by Gasteiger charge is 2.09. The lowest BCUT2D eigenvalue weighted by Gasteiger charge is -1.97. The fourth-order valence-corrected chi connectivity index (χ4v) is 0.770. The Morgan fingerprint density at radius 1 is 1.55 bits per heavy atom. The minimum Gasteiger partial charge on any atom is -0.394 e. The van der Waals surface area contributed by atoms with E-state index in [-0.39, 0.29) is 6.61 Å². The highest BCUT2D eigenvalue weighted by Crippen LogP contribution is 1.86. The van der Waals surface area contributed by atoms with Crippen LogP contribution in [0.1, 0.15) is 6.42 Å². The molecule has 4 heteroatoms. The monoisotopic (exact) mass is 156 g/mol. The molecule has 2 N–H and O–H groups in total.